The van der Waals surface area contributed by atoms with Gasteiger partial charge in [0.1, 0.15) is 17.2 Å². The van der Waals surface area contributed by atoms with Gasteiger partial charge in [-0.3, -0.25) is 0 Å². The fourth-order valence-corrected chi connectivity index (χ4v) is 3.22. The number of halogens is 3. The Balaban J connectivity index is 1.81. The molecule has 0 aliphatic rings. The van der Waals surface area contributed by atoms with Crippen LogP contribution in [0.25, 0.3) is 11.1 Å². The molecule has 0 bridgehead atoms. The quantitative estimate of drug-likeness (QED) is 0.542. The molecule has 3 aromatic rings. The minimum Gasteiger partial charge on any atom is -0.508 e. The van der Waals surface area contributed by atoms with Crippen LogP contribution in [0, 0.1) is 0 Å². The molecule has 0 spiro atoms. The van der Waals surface area contributed by atoms with Crippen molar-refractivity contribution in [3.05, 3.63) is 77.4 Å². The lowest BCUT2D eigenvalue weighted by molar-refractivity contribution is -0.138. The first-order valence-electron chi connectivity index (χ1n) is 9.23. The standard InChI is InChI=1S/C23H22F3NO3/c1-29-18-8-10-22(30-2)19(12-18)15-7-9-21(28)17(11-15)14-27-13-16-5-3-4-6-20(16)23(24,25)26/h3-12,27-28H,13-14H2,1-2H3. The maximum absolute atomic E-state index is 13.1. The maximum atomic E-state index is 13.1. The number of nitrogens with one attached hydrogen (secondary N) is 1. The van der Waals surface area contributed by atoms with Crippen LogP contribution in [-0.4, -0.2) is 19.3 Å². The lowest BCUT2D eigenvalue weighted by atomic mass is 10.0. The lowest BCUT2D eigenvalue weighted by Crippen LogP contribution is -2.17. The third-order valence-electron chi connectivity index (χ3n) is 4.75. The third kappa shape index (κ3) is 4.86. The van der Waals surface area contributed by atoms with E-state index in [4.69, 9.17) is 9.47 Å². The van der Waals surface area contributed by atoms with Gasteiger partial charge in [0.2, 0.25) is 0 Å². The molecular weight excluding hydrogens is 395 g/mol. The van der Waals surface area contributed by atoms with Crippen LogP contribution in [0.15, 0.2) is 60.7 Å². The molecule has 3 aromatic carbocycles. The summed E-state index contributed by atoms with van der Waals surface area (Å²) in [6.07, 6.45) is -4.41. The second-order valence-electron chi connectivity index (χ2n) is 6.67. The van der Waals surface area contributed by atoms with Gasteiger partial charge in [-0.25, -0.2) is 0 Å². The fourth-order valence-electron chi connectivity index (χ4n) is 3.22. The van der Waals surface area contributed by atoms with E-state index < -0.39 is 11.7 Å². The Morgan fingerprint density at radius 1 is 0.867 bits per heavy atom. The summed E-state index contributed by atoms with van der Waals surface area (Å²) in [5.74, 6) is 1.35. The van der Waals surface area contributed by atoms with Crippen LogP contribution in [0.5, 0.6) is 17.2 Å². The highest BCUT2D eigenvalue weighted by atomic mass is 19.4. The van der Waals surface area contributed by atoms with Crippen LogP contribution in [0.2, 0.25) is 0 Å². The van der Waals surface area contributed by atoms with Crippen molar-refractivity contribution in [1.29, 1.82) is 0 Å². The van der Waals surface area contributed by atoms with Gasteiger partial charge in [0.15, 0.2) is 0 Å². The molecule has 30 heavy (non-hydrogen) atoms. The molecule has 158 valence electrons. The minimum atomic E-state index is -4.41. The highest BCUT2D eigenvalue weighted by Crippen LogP contribution is 2.35. The van der Waals surface area contributed by atoms with Gasteiger partial charge in [0, 0.05) is 24.2 Å². The fraction of sp³-hybridized carbons (Fsp3) is 0.217. The summed E-state index contributed by atoms with van der Waals surface area (Å²) in [6, 6.07) is 15.9. The maximum Gasteiger partial charge on any atom is 0.416 e. The SMILES string of the molecule is COc1ccc(OC)c(-c2ccc(O)c(CNCc3ccccc3C(F)(F)F)c2)c1. The van der Waals surface area contributed by atoms with Crippen LogP contribution in [-0.2, 0) is 19.3 Å². The van der Waals surface area contributed by atoms with E-state index in [1.54, 1.807) is 50.6 Å². The zero-order valence-electron chi connectivity index (χ0n) is 16.6. The number of alkyl halides is 3. The summed E-state index contributed by atoms with van der Waals surface area (Å²) in [4.78, 5) is 0. The molecule has 0 saturated heterocycles. The summed E-state index contributed by atoms with van der Waals surface area (Å²) in [6.45, 7) is 0.208. The van der Waals surface area contributed by atoms with E-state index in [0.717, 1.165) is 17.2 Å². The molecule has 0 aromatic heterocycles. The lowest BCUT2D eigenvalue weighted by Gasteiger charge is -2.15. The first-order valence-corrected chi connectivity index (χ1v) is 9.23. The molecule has 4 nitrogen and oxygen atoms in total. The van der Waals surface area contributed by atoms with E-state index in [9.17, 15) is 18.3 Å². The number of methoxy groups -OCH3 is 2. The number of ether oxygens (including phenoxy) is 2. The van der Waals surface area contributed by atoms with Crippen molar-refractivity contribution in [3.8, 4) is 28.4 Å². The zero-order chi connectivity index (χ0) is 21.7. The van der Waals surface area contributed by atoms with Crippen LogP contribution in [0.3, 0.4) is 0 Å². The van der Waals surface area contributed by atoms with Crippen LogP contribution >= 0.6 is 0 Å². The second-order valence-corrected chi connectivity index (χ2v) is 6.67. The van der Waals surface area contributed by atoms with Gasteiger partial charge in [-0.1, -0.05) is 24.3 Å². The van der Waals surface area contributed by atoms with Crippen LogP contribution in [0.4, 0.5) is 13.2 Å². The van der Waals surface area contributed by atoms with Gasteiger partial charge < -0.3 is 19.9 Å². The van der Waals surface area contributed by atoms with Crippen LogP contribution in [0.1, 0.15) is 16.7 Å². The topological polar surface area (TPSA) is 50.7 Å². The summed E-state index contributed by atoms with van der Waals surface area (Å²) in [5, 5.41) is 13.2. The molecule has 0 unspecified atom stereocenters. The number of phenolic OH excluding ortho intramolecular Hbond substituents is 1. The Hall–Kier alpha value is -3.19. The van der Waals surface area contributed by atoms with Crippen molar-refractivity contribution in [2.75, 3.05) is 14.2 Å². The van der Waals surface area contributed by atoms with Crippen molar-refractivity contribution >= 4 is 0 Å². The zero-order valence-corrected chi connectivity index (χ0v) is 16.6. The first-order chi connectivity index (χ1) is 14.3. The number of benzene rings is 3. The Labute approximate surface area is 172 Å². The Kier molecular flexibility index (Phi) is 6.52. The minimum absolute atomic E-state index is 0.0157. The van der Waals surface area contributed by atoms with E-state index in [2.05, 4.69) is 5.32 Å². The summed E-state index contributed by atoms with van der Waals surface area (Å²) in [7, 11) is 3.13. The van der Waals surface area contributed by atoms with Gasteiger partial charge in [0.05, 0.1) is 19.8 Å². The highest BCUT2D eigenvalue weighted by Gasteiger charge is 2.32. The molecule has 7 heteroatoms. The van der Waals surface area contributed by atoms with E-state index in [1.807, 2.05) is 6.07 Å². The number of rotatable bonds is 7. The molecule has 0 amide bonds. The van der Waals surface area contributed by atoms with Crippen molar-refractivity contribution in [2.24, 2.45) is 0 Å². The monoisotopic (exact) mass is 417 g/mol. The molecule has 3 rings (SSSR count). The molecular formula is C23H22F3NO3. The summed E-state index contributed by atoms with van der Waals surface area (Å²) in [5.41, 5.74) is 1.60. The summed E-state index contributed by atoms with van der Waals surface area (Å²) < 4.78 is 50.1. The molecule has 0 radical (unpaired) electrons. The van der Waals surface area contributed by atoms with E-state index in [0.29, 0.717) is 17.1 Å². The van der Waals surface area contributed by atoms with E-state index >= 15 is 0 Å². The molecule has 0 atom stereocenters. The average molecular weight is 417 g/mol. The predicted octanol–water partition coefficient (Wildman–Crippen LogP) is 5.39. The van der Waals surface area contributed by atoms with Gasteiger partial charge >= 0.3 is 6.18 Å². The molecule has 0 aliphatic carbocycles. The molecule has 2 N–H and O–H groups in total. The van der Waals surface area contributed by atoms with Gasteiger partial charge in [-0.2, -0.15) is 13.2 Å². The first kappa shape index (κ1) is 21.5. The number of phenols is 1. The Morgan fingerprint density at radius 2 is 1.60 bits per heavy atom. The van der Waals surface area contributed by atoms with Crippen molar-refractivity contribution in [1.82, 2.24) is 5.32 Å². The number of hydrogen-bond donors (Lipinski definition) is 2. The third-order valence-corrected chi connectivity index (χ3v) is 4.75. The highest BCUT2D eigenvalue weighted by molar-refractivity contribution is 5.73. The smallest absolute Gasteiger partial charge is 0.416 e. The van der Waals surface area contributed by atoms with Crippen molar-refractivity contribution < 1.29 is 27.8 Å². The van der Waals surface area contributed by atoms with Gasteiger partial charge in [-0.05, 0) is 47.5 Å². The number of aromatic hydroxyl groups is 1. The molecule has 0 aliphatic heterocycles. The Morgan fingerprint density at radius 3 is 2.30 bits per heavy atom. The molecule has 0 saturated carbocycles. The van der Waals surface area contributed by atoms with E-state index in [1.165, 1.54) is 12.1 Å². The number of hydrogen-bond acceptors (Lipinski definition) is 4. The van der Waals surface area contributed by atoms with Crippen molar-refractivity contribution in [2.45, 2.75) is 19.3 Å². The van der Waals surface area contributed by atoms with Gasteiger partial charge in [-0.15, -0.1) is 0 Å². The van der Waals surface area contributed by atoms with E-state index in [-0.39, 0.29) is 24.4 Å². The Bertz CT molecular complexity index is 1020. The largest absolute Gasteiger partial charge is 0.508 e. The van der Waals surface area contributed by atoms with Gasteiger partial charge in [0.25, 0.3) is 0 Å². The summed E-state index contributed by atoms with van der Waals surface area (Å²) >= 11 is 0. The van der Waals surface area contributed by atoms with Crippen molar-refractivity contribution in [3.63, 3.8) is 0 Å². The molecule has 0 heterocycles. The van der Waals surface area contributed by atoms with Crippen LogP contribution < -0.4 is 14.8 Å². The second kappa shape index (κ2) is 9.09. The average Bonchev–Trinajstić information content (AvgIpc) is 2.74. The molecule has 0 fully saturated rings. The predicted molar refractivity (Wildman–Crippen MR) is 109 cm³/mol. The normalized spacial score (nSPS) is 11.4.